The highest BCUT2D eigenvalue weighted by Gasteiger charge is 2.56. The Labute approximate surface area is 75.1 Å². The van der Waals surface area contributed by atoms with Crippen molar-refractivity contribution in [3.05, 3.63) is 0 Å². The van der Waals surface area contributed by atoms with E-state index in [1.54, 1.807) is 0 Å². The van der Waals surface area contributed by atoms with Crippen molar-refractivity contribution in [3.63, 3.8) is 0 Å². The van der Waals surface area contributed by atoms with Gasteiger partial charge in [-0.15, -0.1) is 0 Å². The lowest BCUT2D eigenvalue weighted by atomic mass is 10.0. The Kier molecular flexibility index (Phi) is 1.59. The summed E-state index contributed by atoms with van der Waals surface area (Å²) in [5.41, 5.74) is 6.82. The van der Waals surface area contributed by atoms with Crippen molar-refractivity contribution >= 4 is 0 Å². The molecule has 0 bridgehead atoms. The van der Waals surface area contributed by atoms with Gasteiger partial charge in [0.2, 0.25) is 0 Å². The highest BCUT2D eigenvalue weighted by molar-refractivity contribution is 5.12. The van der Waals surface area contributed by atoms with Crippen LogP contribution in [0.3, 0.4) is 0 Å². The fraction of sp³-hybridized carbons (Fsp3) is 1.00. The second-order valence-corrected chi connectivity index (χ2v) is 5.52. The van der Waals surface area contributed by atoms with Crippen molar-refractivity contribution in [2.45, 2.75) is 45.2 Å². The van der Waals surface area contributed by atoms with Crippen LogP contribution in [0.1, 0.15) is 33.6 Å². The molecule has 2 N–H and O–H groups in total. The minimum Gasteiger partial charge on any atom is -0.327 e. The Hall–Kier alpha value is -0.0800. The number of rotatable bonds is 0. The highest BCUT2D eigenvalue weighted by Crippen LogP contribution is 2.52. The van der Waals surface area contributed by atoms with Crippen molar-refractivity contribution in [2.24, 2.45) is 11.1 Å². The molecule has 0 aromatic carbocycles. The van der Waals surface area contributed by atoms with Crippen LogP contribution >= 0.6 is 0 Å². The van der Waals surface area contributed by atoms with Crippen molar-refractivity contribution in [3.8, 4) is 0 Å². The van der Waals surface area contributed by atoms with Crippen molar-refractivity contribution in [2.75, 3.05) is 13.1 Å². The maximum atomic E-state index is 5.94. The molecule has 1 aliphatic heterocycles. The molecule has 0 aromatic rings. The number of hydrogen-bond acceptors (Lipinski definition) is 2. The monoisotopic (exact) mass is 168 g/mol. The van der Waals surface area contributed by atoms with Crippen LogP contribution in [-0.4, -0.2) is 29.6 Å². The number of hydrogen-bond donors (Lipinski definition) is 1. The van der Waals surface area contributed by atoms with E-state index in [2.05, 4.69) is 25.7 Å². The zero-order chi connectivity index (χ0) is 8.98. The van der Waals surface area contributed by atoms with Crippen LogP contribution in [0.2, 0.25) is 0 Å². The van der Waals surface area contributed by atoms with Crippen LogP contribution in [0.5, 0.6) is 0 Å². The summed E-state index contributed by atoms with van der Waals surface area (Å²) in [5, 5.41) is 0. The highest BCUT2D eigenvalue weighted by atomic mass is 15.2. The quantitative estimate of drug-likeness (QED) is 0.589. The average molecular weight is 168 g/mol. The third-order valence-corrected chi connectivity index (χ3v) is 3.59. The van der Waals surface area contributed by atoms with E-state index >= 15 is 0 Å². The molecule has 1 aliphatic carbocycles. The van der Waals surface area contributed by atoms with Gasteiger partial charge in [-0.25, -0.2) is 0 Å². The van der Waals surface area contributed by atoms with Gasteiger partial charge in [0.05, 0.1) is 0 Å². The molecule has 2 atom stereocenters. The van der Waals surface area contributed by atoms with Crippen molar-refractivity contribution in [1.29, 1.82) is 0 Å². The molecular formula is C10H20N2. The standard InChI is InChI=1S/C10H20N2/c1-9(2,3)12-5-4-10(7-12)6-8(10)11/h8H,4-7,11H2,1-3H3/t8?,10-/m1/s1. The SMILES string of the molecule is CC(C)(C)N1CC[C@@]2(CC2N)C1. The van der Waals surface area contributed by atoms with Crippen LogP contribution in [0, 0.1) is 5.41 Å². The van der Waals surface area contributed by atoms with Gasteiger partial charge in [0, 0.05) is 23.5 Å². The fourth-order valence-corrected chi connectivity index (χ4v) is 2.32. The molecule has 1 spiro atoms. The van der Waals surface area contributed by atoms with E-state index < -0.39 is 0 Å². The molecule has 1 unspecified atom stereocenters. The first-order valence-corrected chi connectivity index (χ1v) is 4.95. The summed E-state index contributed by atoms with van der Waals surface area (Å²) < 4.78 is 0. The second-order valence-electron chi connectivity index (χ2n) is 5.52. The van der Waals surface area contributed by atoms with Crippen LogP contribution < -0.4 is 5.73 Å². The minimum absolute atomic E-state index is 0.339. The third-order valence-electron chi connectivity index (χ3n) is 3.59. The molecule has 70 valence electrons. The van der Waals surface area contributed by atoms with E-state index in [1.807, 2.05) is 0 Å². The zero-order valence-electron chi connectivity index (χ0n) is 8.43. The molecule has 2 rings (SSSR count). The molecule has 2 aliphatic rings. The van der Waals surface area contributed by atoms with E-state index in [0.717, 1.165) is 0 Å². The summed E-state index contributed by atoms with van der Waals surface area (Å²) in [6, 6.07) is 0.504. The molecule has 1 saturated carbocycles. The largest absolute Gasteiger partial charge is 0.327 e. The summed E-state index contributed by atoms with van der Waals surface area (Å²) >= 11 is 0. The molecular weight excluding hydrogens is 148 g/mol. The van der Waals surface area contributed by atoms with Gasteiger partial charge < -0.3 is 5.73 Å². The van der Waals surface area contributed by atoms with Gasteiger partial charge in [-0.3, -0.25) is 4.90 Å². The van der Waals surface area contributed by atoms with E-state index in [1.165, 1.54) is 25.9 Å². The van der Waals surface area contributed by atoms with E-state index in [4.69, 9.17) is 5.73 Å². The Morgan fingerprint density at radius 1 is 1.42 bits per heavy atom. The molecule has 0 amide bonds. The van der Waals surface area contributed by atoms with Crippen LogP contribution in [-0.2, 0) is 0 Å². The molecule has 1 heterocycles. The van der Waals surface area contributed by atoms with Crippen molar-refractivity contribution < 1.29 is 0 Å². The first-order valence-electron chi connectivity index (χ1n) is 4.95. The summed E-state index contributed by atoms with van der Waals surface area (Å²) in [6.07, 6.45) is 2.59. The third kappa shape index (κ3) is 1.17. The van der Waals surface area contributed by atoms with Gasteiger partial charge in [-0.1, -0.05) is 0 Å². The van der Waals surface area contributed by atoms with Gasteiger partial charge in [0.1, 0.15) is 0 Å². The van der Waals surface area contributed by atoms with E-state index in [0.29, 0.717) is 17.0 Å². The normalized spacial score (nSPS) is 42.5. The first kappa shape index (κ1) is 8.52. The summed E-state index contributed by atoms with van der Waals surface area (Å²) in [5.74, 6) is 0. The topological polar surface area (TPSA) is 29.3 Å². The molecule has 2 nitrogen and oxygen atoms in total. The van der Waals surface area contributed by atoms with Gasteiger partial charge in [0.25, 0.3) is 0 Å². The minimum atomic E-state index is 0.339. The van der Waals surface area contributed by atoms with Crippen LogP contribution in [0.25, 0.3) is 0 Å². The van der Waals surface area contributed by atoms with Crippen LogP contribution in [0.4, 0.5) is 0 Å². The van der Waals surface area contributed by atoms with E-state index in [9.17, 15) is 0 Å². The number of nitrogens with two attached hydrogens (primary N) is 1. The van der Waals surface area contributed by atoms with Gasteiger partial charge in [-0.05, 0) is 40.2 Å². The maximum absolute atomic E-state index is 5.94. The molecule has 1 saturated heterocycles. The summed E-state index contributed by atoms with van der Waals surface area (Å²) in [4.78, 5) is 2.57. The van der Waals surface area contributed by atoms with E-state index in [-0.39, 0.29) is 0 Å². The van der Waals surface area contributed by atoms with Gasteiger partial charge >= 0.3 is 0 Å². The molecule has 0 radical (unpaired) electrons. The van der Waals surface area contributed by atoms with Gasteiger partial charge in [0.15, 0.2) is 0 Å². The fourth-order valence-electron chi connectivity index (χ4n) is 2.32. The zero-order valence-corrected chi connectivity index (χ0v) is 8.43. The lowest BCUT2D eigenvalue weighted by molar-refractivity contribution is 0.165. The second kappa shape index (κ2) is 2.24. The Balaban J connectivity index is 2.00. The van der Waals surface area contributed by atoms with Crippen molar-refractivity contribution in [1.82, 2.24) is 4.90 Å². The predicted octanol–water partition coefficient (Wildman–Crippen LogP) is 1.21. The summed E-state index contributed by atoms with van der Waals surface area (Å²) in [7, 11) is 0. The summed E-state index contributed by atoms with van der Waals surface area (Å²) in [6.45, 7) is 9.36. The number of likely N-dealkylation sites (tertiary alicyclic amines) is 1. The molecule has 2 fully saturated rings. The smallest absolute Gasteiger partial charge is 0.0125 e. The Bertz CT molecular complexity index is 195. The lowest BCUT2D eigenvalue weighted by Crippen LogP contribution is -2.40. The lowest BCUT2D eigenvalue weighted by Gasteiger charge is -2.31. The molecule has 0 aromatic heterocycles. The van der Waals surface area contributed by atoms with Gasteiger partial charge in [-0.2, -0.15) is 0 Å². The predicted molar refractivity (Wildman–Crippen MR) is 51.0 cm³/mol. The number of nitrogens with zero attached hydrogens (tertiary/aromatic N) is 1. The molecule has 2 heteroatoms. The Morgan fingerprint density at radius 3 is 2.25 bits per heavy atom. The Morgan fingerprint density at radius 2 is 2.00 bits per heavy atom. The molecule has 12 heavy (non-hydrogen) atoms. The average Bonchev–Trinajstić information content (AvgIpc) is 2.43. The van der Waals surface area contributed by atoms with Crippen LogP contribution in [0.15, 0.2) is 0 Å². The first-order chi connectivity index (χ1) is 5.44. The maximum Gasteiger partial charge on any atom is 0.0125 e.